The van der Waals surface area contributed by atoms with Crippen LogP contribution >= 0.6 is 11.8 Å². The van der Waals surface area contributed by atoms with Gasteiger partial charge in [0, 0.05) is 36.6 Å². The van der Waals surface area contributed by atoms with Crippen molar-refractivity contribution in [3.05, 3.63) is 59.5 Å². The first-order chi connectivity index (χ1) is 17.3. The van der Waals surface area contributed by atoms with E-state index < -0.39 is 43.5 Å². The predicted octanol–water partition coefficient (Wildman–Crippen LogP) is 3.16. The van der Waals surface area contributed by atoms with Crippen LogP contribution in [-0.2, 0) is 31.1 Å². The third kappa shape index (κ3) is 5.30. The zero-order chi connectivity index (χ0) is 27.1. The van der Waals surface area contributed by atoms with E-state index in [4.69, 9.17) is 4.74 Å². The van der Waals surface area contributed by atoms with Gasteiger partial charge in [-0.3, -0.25) is 4.79 Å². The first-order valence-electron chi connectivity index (χ1n) is 11.2. The van der Waals surface area contributed by atoms with Crippen LogP contribution in [0.2, 0.25) is 0 Å². The summed E-state index contributed by atoms with van der Waals surface area (Å²) in [6, 6.07) is 9.57. The van der Waals surface area contributed by atoms with Crippen LogP contribution < -0.4 is 4.72 Å². The number of halogens is 3. The summed E-state index contributed by atoms with van der Waals surface area (Å²) in [6.45, 7) is 1.19. The van der Waals surface area contributed by atoms with Crippen LogP contribution in [0.4, 0.5) is 13.2 Å². The van der Waals surface area contributed by atoms with Crippen LogP contribution in [0.3, 0.4) is 0 Å². The molecule has 1 aromatic heterocycles. The number of hydrogen-bond acceptors (Lipinski definition) is 8. The molecule has 3 atom stereocenters. The maximum absolute atomic E-state index is 13.4. The summed E-state index contributed by atoms with van der Waals surface area (Å²) in [5, 5.41) is 13.7. The number of rotatable bonds is 11. The minimum Gasteiger partial charge on any atom is -0.480 e. The van der Waals surface area contributed by atoms with Gasteiger partial charge in [0.05, 0.1) is 6.61 Å². The largest absolute Gasteiger partial charge is 0.480 e. The summed E-state index contributed by atoms with van der Waals surface area (Å²) in [6.07, 6.45) is -3.27. The number of carboxylic acids is 1. The SMILES string of the molecule is COCCN(C)CC1(c2ccccc2)CC1(NS(=O)(=O)C1CC=C(c2cc(C(F)(F)F)on2)S1)C(=O)O. The Morgan fingerprint density at radius 3 is 2.65 bits per heavy atom. The molecule has 1 saturated carbocycles. The quantitative estimate of drug-likeness (QED) is 0.426. The lowest BCUT2D eigenvalue weighted by Gasteiger charge is -2.29. The number of ether oxygens (including phenoxy) is 1. The highest BCUT2D eigenvalue weighted by atomic mass is 32.3. The minimum absolute atomic E-state index is 0.0335. The predicted molar refractivity (Wildman–Crippen MR) is 130 cm³/mol. The molecule has 2 heterocycles. The van der Waals surface area contributed by atoms with Crippen molar-refractivity contribution in [2.45, 2.75) is 34.6 Å². The number of nitrogens with zero attached hydrogens (tertiary/aromatic N) is 2. The summed E-state index contributed by atoms with van der Waals surface area (Å²) in [5.41, 5.74) is -2.28. The Hall–Kier alpha value is -2.39. The van der Waals surface area contributed by atoms with Crippen LogP contribution in [0.5, 0.6) is 0 Å². The third-order valence-corrected chi connectivity index (χ3v) is 10.3. The van der Waals surface area contributed by atoms with Gasteiger partial charge in [-0.1, -0.05) is 41.6 Å². The lowest BCUT2D eigenvalue weighted by Crippen LogP contribution is -2.53. The maximum atomic E-state index is 13.4. The highest BCUT2D eigenvalue weighted by molar-refractivity contribution is 8.18. The summed E-state index contributed by atoms with van der Waals surface area (Å²) in [5.74, 6) is -2.59. The Balaban J connectivity index is 1.57. The number of aromatic nitrogens is 1. The number of aliphatic carboxylic acids is 1. The molecule has 0 spiro atoms. The molecule has 4 rings (SSSR count). The number of alkyl halides is 3. The van der Waals surface area contributed by atoms with Gasteiger partial charge in [-0.25, -0.2) is 8.42 Å². The van der Waals surface area contributed by atoms with Crippen molar-refractivity contribution in [2.75, 3.05) is 33.9 Å². The number of allylic oxidation sites excluding steroid dienone is 1. The number of nitrogens with one attached hydrogen (secondary N) is 1. The first kappa shape index (κ1) is 27.6. The Bertz CT molecular complexity index is 1280. The molecule has 14 heteroatoms. The highest BCUT2D eigenvalue weighted by Gasteiger charge is 2.75. The monoisotopic (exact) mass is 561 g/mol. The molecule has 1 fully saturated rings. The molecule has 0 bridgehead atoms. The van der Waals surface area contributed by atoms with Gasteiger partial charge >= 0.3 is 12.1 Å². The van der Waals surface area contributed by atoms with E-state index in [2.05, 4.69) is 14.4 Å². The van der Waals surface area contributed by atoms with E-state index >= 15 is 0 Å². The van der Waals surface area contributed by atoms with Crippen molar-refractivity contribution in [1.82, 2.24) is 14.8 Å². The van der Waals surface area contributed by atoms with Crippen LogP contribution in [0.15, 0.2) is 47.0 Å². The zero-order valence-corrected chi connectivity index (χ0v) is 21.6. The summed E-state index contributed by atoms with van der Waals surface area (Å²) >= 11 is 0.797. The molecule has 1 aliphatic carbocycles. The second kappa shape index (κ2) is 10.1. The molecule has 9 nitrogen and oxygen atoms in total. The summed E-state index contributed by atoms with van der Waals surface area (Å²) in [7, 11) is -0.880. The molecular weight excluding hydrogens is 535 g/mol. The van der Waals surface area contributed by atoms with Crippen LogP contribution in [0.25, 0.3) is 4.91 Å². The lowest BCUT2D eigenvalue weighted by atomic mass is 9.90. The van der Waals surface area contributed by atoms with Crippen LogP contribution in [0.1, 0.15) is 29.9 Å². The Kier molecular flexibility index (Phi) is 7.51. The summed E-state index contributed by atoms with van der Waals surface area (Å²) in [4.78, 5) is 14.7. The molecular formula is C23H26F3N3O6S2. The zero-order valence-electron chi connectivity index (χ0n) is 20.0. The van der Waals surface area contributed by atoms with Gasteiger partial charge in [-0.05, 0) is 25.5 Å². The van der Waals surface area contributed by atoms with Gasteiger partial charge in [-0.15, -0.1) is 11.8 Å². The number of thioether (sulfide) groups is 1. The molecule has 0 radical (unpaired) electrons. The average Bonchev–Trinajstić information content (AvgIpc) is 3.24. The number of carboxylic acid groups (broad SMARTS) is 1. The third-order valence-electron chi connectivity index (χ3n) is 6.63. The second-order valence-corrected chi connectivity index (χ2v) is 12.5. The first-order valence-corrected chi connectivity index (χ1v) is 13.7. The van der Waals surface area contributed by atoms with E-state index in [-0.39, 0.29) is 30.0 Å². The molecule has 1 aromatic carbocycles. The maximum Gasteiger partial charge on any atom is 0.452 e. The van der Waals surface area contributed by atoms with Crippen molar-refractivity contribution in [2.24, 2.45) is 0 Å². The summed E-state index contributed by atoms with van der Waals surface area (Å²) < 4.78 is 76.2. The van der Waals surface area contributed by atoms with E-state index in [0.717, 1.165) is 11.8 Å². The Morgan fingerprint density at radius 2 is 2.05 bits per heavy atom. The van der Waals surface area contributed by atoms with E-state index in [9.17, 15) is 31.5 Å². The number of methoxy groups -OCH3 is 1. The van der Waals surface area contributed by atoms with Crippen LogP contribution in [-0.4, -0.2) is 73.5 Å². The minimum atomic E-state index is -4.72. The number of sulfonamides is 1. The van der Waals surface area contributed by atoms with Crippen LogP contribution in [0, 0.1) is 0 Å². The van der Waals surface area contributed by atoms with Crippen molar-refractivity contribution < 1.29 is 40.8 Å². The Morgan fingerprint density at radius 1 is 1.35 bits per heavy atom. The van der Waals surface area contributed by atoms with Gasteiger partial charge in [-0.2, -0.15) is 17.9 Å². The van der Waals surface area contributed by atoms with Gasteiger partial charge in [0.25, 0.3) is 0 Å². The number of likely N-dealkylation sites (N-methyl/N-ethyl adjacent to an activating group) is 1. The van der Waals surface area contributed by atoms with Crippen molar-refractivity contribution >= 4 is 32.7 Å². The highest BCUT2D eigenvalue weighted by Crippen LogP contribution is 2.59. The van der Waals surface area contributed by atoms with E-state index in [0.29, 0.717) is 24.8 Å². The van der Waals surface area contributed by atoms with Crippen molar-refractivity contribution in [3.8, 4) is 0 Å². The molecule has 2 aromatic rings. The second-order valence-electron chi connectivity index (χ2n) is 9.14. The standard InChI is InChI=1S/C23H26F3N3O6S2/c1-29(10-11-34-2)14-21(15-6-4-3-5-7-15)13-22(21,20(30)31)28-37(32,33)19-9-8-17(36-19)16-12-18(35-27-16)23(24,25)26/h3-8,12,19,28H,9-11,13-14H2,1-2H3,(H,30,31). The van der Waals surface area contributed by atoms with Gasteiger partial charge < -0.3 is 19.3 Å². The molecule has 3 unspecified atom stereocenters. The van der Waals surface area contributed by atoms with Crippen molar-refractivity contribution in [3.63, 3.8) is 0 Å². The van der Waals surface area contributed by atoms with Crippen molar-refractivity contribution in [1.29, 1.82) is 0 Å². The molecule has 2 N–H and O–H groups in total. The average molecular weight is 562 g/mol. The van der Waals surface area contributed by atoms with Gasteiger partial charge in [0.15, 0.2) is 0 Å². The normalized spacial score (nSPS) is 25.9. The van der Waals surface area contributed by atoms with Gasteiger partial charge in [0.1, 0.15) is 15.8 Å². The smallest absolute Gasteiger partial charge is 0.452 e. The molecule has 37 heavy (non-hydrogen) atoms. The number of hydrogen-bond donors (Lipinski definition) is 2. The van der Waals surface area contributed by atoms with E-state index in [1.165, 1.54) is 6.08 Å². The molecule has 202 valence electrons. The molecule has 0 saturated heterocycles. The molecule has 2 aliphatic rings. The van der Waals surface area contributed by atoms with E-state index in [1.54, 1.807) is 44.5 Å². The molecule has 0 amide bonds. The fraction of sp³-hybridized carbons (Fsp3) is 0.478. The fourth-order valence-electron chi connectivity index (χ4n) is 4.67. The fourth-order valence-corrected chi connectivity index (χ4v) is 7.84. The van der Waals surface area contributed by atoms with Gasteiger partial charge in [0.2, 0.25) is 15.8 Å². The topological polar surface area (TPSA) is 122 Å². The molecule has 1 aliphatic heterocycles. The Labute approximate surface area is 216 Å². The van der Waals surface area contributed by atoms with E-state index in [1.807, 2.05) is 4.90 Å². The number of benzene rings is 1. The number of carbonyl (C=O) groups is 1. The lowest BCUT2D eigenvalue weighted by molar-refractivity contribution is -0.155.